The summed E-state index contributed by atoms with van der Waals surface area (Å²) in [4.78, 5) is 70.7. The normalized spacial score (nSPS) is 15.3. The first-order chi connectivity index (χ1) is 15.3. The number of amides is 3. The molecule has 14 heteroatoms. The predicted octanol–water partition coefficient (Wildman–Crippen LogP) is -1.40. The zero-order chi connectivity index (χ0) is 25.7. The number of nitrogens with one attached hydrogen (secondary N) is 3. The second-order valence-electron chi connectivity index (χ2n) is 7.42. The number of aliphatic carboxylic acids is 3. The molecule has 0 aliphatic rings. The lowest BCUT2D eigenvalue weighted by Gasteiger charge is -2.27. The van der Waals surface area contributed by atoms with Gasteiger partial charge in [0.15, 0.2) is 0 Å². The van der Waals surface area contributed by atoms with Crippen LogP contribution in [0.4, 0.5) is 0 Å². The minimum absolute atomic E-state index is 0.157. The fourth-order valence-electron chi connectivity index (χ4n) is 2.66. The molecule has 188 valence electrons. The number of nitrogens with two attached hydrogens (primary N) is 1. The maximum Gasteiger partial charge on any atom is 0.326 e. The molecule has 0 radical (unpaired) electrons. The Morgan fingerprint density at radius 3 is 1.85 bits per heavy atom. The Morgan fingerprint density at radius 2 is 1.39 bits per heavy atom. The van der Waals surface area contributed by atoms with Crippen LogP contribution in [0.15, 0.2) is 0 Å². The Morgan fingerprint density at radius 1 is 0.848 bits per heavy atom. The van der Waals surface area contributed by atoms with Crippen molar-refractivity contribution in [2.75, 3.05) is 12.0 Å². The molecule has 0 aromatic heterocycles. The molecule has 0 saturated heterocycles. The lowest BCUT2D eigenvalue weighted by Crippen LogP contribution is -2.59. The Balaban J connectivity index is 5.54. The van der Waals surface area contributed by atoms with E-state index < -0.39 is 78.6 Å². The SMILES string of the molecule is CCC(C)C(NC(=O)C(CCSC)NC(=O)C(N)CC(=O)O)C(=O)NC(CC(=O)O)C(=O)O. The number of carbonyl (C=O) groups excluding carboxylic acids is 3. The van der Waals surface area contributed by atoms with E-state index in [1.807, 2.05) is 0 Å². The van der Waals surface area contributed by atoms with Crippen molar-refractivity contribution in [1.82, 2.24) is 16.0 Å². The van der Waals surface area contributed by atoms with Gasteiger partial charge in [0, 0.05) is 0 Å². The van der Waals surface area contributed by atoms with Gasteiger partial charge in [0.05, 0.1) is 18.9 Å². The van der Waals surface area contributed by atoms with Gasteiger partial charge in [-0.2, -0.15) is 11.8 Å². The molecule has 0 fully saturated rings. The minimum atomic E-state index is -1.69. The van der Waals surface area contributed by atoms with E-state index in [1.54, 1.807) is 20.1 Å². The molecular weight excluding hydrogens is 460 g/mol. The highest BCUT2D eigenvalue weighted by molar-refractivity contribution is 7.98. The molecule has 0 aromatic carbocycles. The van der Waals surface area contributed by atoms with E-state index in [9.17, 15) is 28.8 Å². The summed E-state index contributed by atoms with van der Waals surface area (Å²) in [5.74, 6) is -6.75. The highest BCUT2D eigenvalue weighted by Crippen LogP contribution is 2.11. The smallest absolute Gasteiger partial charge is 0.326 e. The highest BCUT2D eigenvalue weighted by Gasteiger charge is 2.33. The molecule has 0 rings (SSSR count). The first-order valence-corrected chi connectivity index (χ1v) is 11.5. The molecule has 13 nitrogen and oxygen atoms in total. The molecule has 3 amide bonds. The van der Waals surface area contributed by atoms with Gasteiger partial charge in [-0.3, -0.25) is 24.0 Å². The van der Waals surface area contributed by atoms with Gasteiger partial charge in [-0.25, -0.2) is 4.79 Å². The fourth-order valence-corrected chi connectivity index (χ4v) is 3.13. The average molecular weight is 493 g/mol. The van der Waals surface area contributed by atoms with Crippen LogP contribution in [-0.4, -0.2) is 87.1 Å². The van der Waals surface area contributed by atoms with Crippen LogP contribution in [0, 0.1) is 5.92 Å². The molecule has 8 N–H and O–H groups in total. The lowest BCUT2D eigenvalue weighted by atomic mass is 9.97. The Kier molecular flexibility index (Phi) is 13.7. The summed E-state index contributed by atoms with van der Waals surface area (Å²) in [6, 6.07) is -5.41. The van der Waals surface area contributed by atoms with Crippen molar-refractivity contribution in [2.24, 2.45) is 11.7 Å². The van der Waals surface area contributed by atoms with Gasteiger partial charge in [0.25, 0.3) is 0 Å². The van der Waals surface area contributed by atoms with Crippen LogP contribution < -0.4 is 21.7 Å². The van der Waals surface area contributed by atoms with Crippen LogP contribution in [0.3, 0.4) is 0 Å². The van der Waals surface area contributed by atoms with Crippen molar-refractivity contribution < 1.29 is 44.1 Å². The van der Waals surface area contributed by atoms with Gasteiger partial charge in [-0.05, 0) is 24.3 Å². The predicted molar refractivity (Wildman–Crippen MR) is 118 cm³/mol. The van der Waals surface area contributed by atoms with Gasteiger partial charge in [0.2, 0.25) is 17.7 Å². The summed E-state index contributed by atoms with van der Waals surface area (Å²) in [6.07, 6.45) is 0.859. The number of thioether (sulfide) groups is 1. The summed E-state index contributed by atoms with van der Waals surface area (Å²) < 4.78 is 0. The van der Waals surface area contributed by atoms with E-state index in [-0.39, 0.29) is 6.42 Å². The number of rotatable bonds is 16. The Hall–Kier alpha value is -2.87. The molecule has 0 heterocycles. The van der Waals surface area contributed by atoms with Crippen molar-refractivity contribution in [1.29, 1.82) is 0 Å². The van der Waals surface area contributed by atoms with Crippen LogP contribution in [0.2, 0.25) is 0 Å². The summed E-state index contributed by atoms with van der Waals surface area (Å²) in [5, 5.41) is 33.8. The lowest BCUT2D eigenvalue weighted by molar-refractivity contribution is -0.147. The largest absolute Gasteiger partial charge is 0.481 e. The molecule has 0 aromatic rings. The minimum Gasteiger partial charge on any atom is -0.481 e. The quantitative estimate of drug-likeness (QED) is 0.133. The topological polar surface area (TPSA) is 225 Å². The van der Waals surface area contributed by atoms with Crippen molar-refractivity contribution in [3.05, 3.63) is 0 Å². The van der Waals surface area contributed by atoms with E-state index in [1.165, 1.54) is 11.8 Å². The van der Waals surface area contributed by atoms with Gasteiger partial charge in [-0.1, -0.05) is 20.3 Å². The molecular formula is C19H32N4O9S. The Labute approximate surface area is 195 Å². The Bertz CT molecular complexity index is 734. The van der Waals surface area contributed by atoms with Crippen LogP contribution in [0.1, 0.15) is 39.5 Å². The second kappa shape index (κ2) is 15.1. The van der Waals surface area contributed by atoms with Crippen LogP contribution >= 0.6 is 11.8 Å². The van der Waals surface area contributed by atoms with Gasteiger partial charge < -0.3 is 37.0 Å². The first kappa shape index (κ1) is 30.1. The third-order valence-corrected chi connectivity index (χ3v) is 5.41. The van der Waals surface area contributed by atoms with Crippen molar-refractivity contribution in [2.45, 2.75) is 63.7 Å². The first-order valence-electron chi connectivity index (χ1n) is 10.2. The third kappa shape index (κ3) is 11.5. The zero-order valence-electron chi connectivity index (χ0n) is 18.7. The van der Waals surface area contributed by atoms with Crippen LogP contribution in [0.25, 0.3) is 0 Å². The number of hydrogen-bond donors (Lipinski definition) is 7. The number of carboxylic acids is 3. The van der Waals surface area contributed by atoms with Gasteiger partial charge >= 0.3 is 17.9 Å². The molecule has 5 unspecified atom stereocenters. The molecule has 0 aliphatic heterocycles. The molecule has 0 saturated carbocycles. The van der Waals surface area contributed by atoms with E-state index in [2.05, 4.69) is 16.0 Å². The number of carboxylic acid groups (broad SMARTS) is 3. The number of carbonyl (C=O) groups is 6. The summed E-state index contributed by atoms with van der Waals surface area (Å²) in [6.45, 7) is 3.37. The number of hydrogen-bond acceptors (Lipinski definition) is 8. The van der Waals surface area contributed by atoms with Gasteiger partial charge in [0.1, 0.15) is 18.1 Å². The van der Waals surface area contributed by atoms with E-state index >= 15 is 0 Å². The van der Waals surface area contributed by atoms with E-state index in [0.29, 0.717) is 12.2 Å². The summed E-state index contributed by atoms with van der Waals surface area (Å²) in [7, 11) is 0. The molecule has 33 heavy (non-hydrogen) atoms. The molecule has 5 atom stereocenters. The van der Waals surface area contributed by atoms with Gasteiger partial charge in [-0.15, -0.1) is 0 Å². The summed E-state index contributed by atoms with van der Waals surface area (Å²) in [5.41, 5.74) is 5.54. The molecule has 0 aliphatic carbocycles. The van der Waals surface area contributed by atoms with Crippen molar-refractivity contribution in [3.63, 3.8) is 0 Å². The second-order valence-corrected chi connectivity index (χ2v) is 8.40. The maximum absolute atomic E-state index is 12.9. The fraction of sp³-hybridized carbons (Fsp3) is 0.684. The average Bonchev–Trinajstić information content (AvgIpc) is 2.72. The monoisotopic (exact) mass is 492 g/mol. The standard InChI is InChI=1S/C19H32N4O9S/c1-4-9(2)15(18(30)22-12(19(31)32)8-14(26)27)23-17(29)11(5-6-33-3)21-16(28)10(20)7-13(24)25/h9-12,15H,4-8,20H2,1-3H3,(H,21,28)(H,22,30)(H,23,29)(H,24,25)(H,26,27)(H,31,32). The molecule has 0 spiro atoms. The van der Waals surface area contributed by atoms with E-state index in [4.69, 9.17) is 21.1 Å². The van der Waals surface area contributed by atoms with E-state index in [0.717, 1.165) is 0 Å². The molecule has 0 bridgehead atoms. The van der Waals surface area contributed by atoms with Crippen LogP contribution in [0.5, 0.6) is 0 Å². The van der Waals surface area contributed by atoms with Crippen LogP contribution in [-0.2, 0) is 28.8 Å². The zero-order valence-corrected chi connectivity index (χ0v) is 19.5. The highest BCUT2D eigenvalue weighted by atomic mass is 32.2. The summed E-state index contributed by atoms with van der Waals surface area (Å²) >= 11 is 1.39. The maximum atomic E-state index is 12.9. The third-order valence-electron chi connectivity index (χ3n) is 4.76. The van der Waals surface area contributed by atoms with Crippen molar-refractivity contribution >= 4 is 47.4 Å². The van der Waals surface area contributed by atoms with Crippen molar-refractivity contribution in [3.8, 4) is 0 Å².